The van der Waals surface area contributed by atoms with Crippen LogP contribution >= 0.6 is 0 Å². The number of rotatable bonds is 1. The third-order valence-electron chi connectivity index (χ3n) is 3.50. The summed E-state index contributed by atoms with van der Waals surface area (Å²) in [6.07, 6.45) is 6.13. The molecule has 1 aliphatic rings. The lowest BCUT2D eigenvalue weighted by atomic mass is 9.92. The molecule has 1 atom stereocenters. The Bertz CT molecular complexity index is 534. The van der Waals surface area contributed by atoms with Crippen LogP contribution in [0.1, 0.15) is 29.2 Å². The number of aromatic nitrogens is 1. The number of para-hydroxylation sites is 1. The molecule has 3 rings (SSSR count). The molecule has 1 aromatic carbocycles. The normalized spacial score (nSPS) is 18.3. The first-order chi connectivity index (χ1) is 8.34. The summed E-state index contributed by atoms with van der Waals surface area (Å²) < 4.78 is 0. The number of pyridine rings is 1. The molecule has 0 amide bonds. The van der Waals surface area contributed by atoms with Gasteiger partial charge in [0.15, 0.2) is 0 Å². The average Bonchev–Trinajstić information content (AvgIpc) is 2.39. The minimum atomic E-state index is 0.401. The van der Waals surface area contributed by atoms with Crippen molar-refractivity contribution in [2.75, 3.05) is 5.32 Å². The number of hydrogen-bond donors (Lipinski definition) is 1. The highest BCUT2D eigenvalue weighted by molar-refractivity contribution is 5.55. The number of hydrogen-bond acceptors (Lipinski definition) is 2. The van der Waals surface area contributed by atoms with Crippen molar-refractivity contribution >= 4 is 5.69 Å². The summed E-state index contributed by atoms with van der Waals surface area (Å²) >= 11 is 0. The largest absolute Gasteiger partial charge is 0.378 e. The van der Waals surface area contributed by atoms with Crippen molar-refractivity contribution in [3.63, 3.8) is 0 Å². The third-order valence-corrected chi connectivity index (χ3v) is 3.50. The van der Waals surface area contributed by atoms with Crippen LogP contribution in [0.4, 0.5) is 5.69 Å². The zero-order valence-electron chi connectivity index (χ0n) is 9.98. The van der Waals surface area contributed by atoms with E-state index in [1.54, 1.807) is 0 Å². The van der Waals surface area contributed by atoms with E-state index >= 15 is 0 Å². The van der Waals surface area contributed by atoms with E-state index < -0.39 is 0 Å². The van der Waals surface area contributed by atoms with E-state index in [4.69, 9.17) is 0 Å². The molecule has 2 nitrogen and oxygen atoms in total. The van der Waals surface area contributed by atoms with Gasteiger partial charge in [0.25, 0.3) is 0 Å². The minimum absolute atomic E-state index is 0.401. The van der Waals surface area contributed by atoms with Crippen molar-refractivity contribution in [2.24, 2.45) is 0 Å². The summed E-state index contributed by atoms with van der Waals surface area (Å²) in [4.78, 5) is 4.24. The first kappa shape index (κ1) is 10.3. The fraction of sp³-hybridized carbons (Fsp3) is 0.267. The number of nitrogens with one attached hydrogen (secondary N) is 1. The third kappa shape index (κ3) is 1.91. The van der Waals surface area contributed by atoms with Gasteiger partial charge in [-0.05, 0) is 48.6 Å². The van der Waals surface area contributed by atoms with Crippen LogP contribution in [0.5, 0.6) is 0 Å². The van der Waals surface area contributed by atoms with Crippen LogP contribution in [0, 0.1) is 6.92 Å². The van der Waals surface area contributed by atoms with E-state index in [0.717, 1.165) is 12.8 Å². The maximum Gasteiger partial charge on any atom is 0.0534 e. The molecular weight excluding hydrogens is 208 g/mol. The molecule has 2 heteroatoms. The Morgan fingerprint density at radius 1 is 1.24 bits per heavy atom. The summed E-state index contributed by atoms with van der Waals surface area (Å²) in [6, 6.07) is 11.0. The zero-order chi connectivity index (χ0) is 11.7. The molecule has 2 aromatic rings. The predicted molar refractivity (Wildman–Crippen MR) is 70.1 cm³/mol. The van der Waals surface area contributed by atoms with Crippen LogP contribution in [-0.2, 0) is 6.42 Å². The van der Waals surface area contributed by atoms with Crippen LogP contribution in [0.2, 0.25) is 0 Å². The highest BCUT2D eigenvalue weighted by Crippen LogP contribution is 2.33. The Morgan fingerprint density at radius 2 is 2.12 bits per heavy atom. The summed E-state index contributed by atoms with van der Waals surface area (Å²) in [5.74, 6) is 0. The molecule has 0 spiro atoms. The molecule has 0 radical (unpaired) electrons. The van der Waals surface area contributed by atoms with E-state index in [-0.39, 0.29) is 0 Å². The second kappa shape index (κ2) is 4.21. The topological polar surface area (TPSA) is 24.9 Å². The van der Waals surface area contributed by atoms with Crippen molar-refractivity contribution in [1.29, 1.82) is 0 Å². The Balaban J connectivity index is 1.92. The van der Waals surface area contributed by atoms with E-state index in [0.29, 0.717) is 6.04 Å². The van der Waals surface area contributed by atoms with Crippen LogP contribution in [0.15, 0.2) is 42.7 Å². The van der Waals surface area contributed by atoms with E-state index in [9.17, 15) is 0 Å². The number of aryl methyl sites for hydroxylation is 2. The molecule has 17 heavy (non-hydrogen) atoms. The van der Waals surface area contributed by atoms with Crippen molar-refractivity contribution in [1.82, 2.24) is 4.98 Å². The van der Waals surface area contributed by atoms with E-state index in [1.165, 1.54) is 22.4 Å². The standard InChI is InChI=1S/C15H16N2/c1-11-8-9-16-10-13(11)15-7-6-12-4-2-3-5-14(12)17-15/h2-5,8-10,15,17H,6-7H2,1H3. The minimum Gasteiger partial charge on any atom is -0.378 e. The second-order valence-corrected chi connectivity index (χ2v) is 4.63. The summed E-state index contributed by atoms with van der Waals surface area (Å²) in [5, 5.41) is 3.61. The van der Waals surface area contributed by atoms with Crippen LogP contribution in [0.3, 0.4) is 0 Å². The molecule has 1 unspecified atom stereocenters. The van der Waals surface area contributed by atoms with Crippen molar-refractivity contribution in [3.8, 4) is 0 Å². The lowest BCUT2D eigenvalue weighted by Crippen LogP contribution is -2.18. The molecule has 1 aromatic heterocycles. The van der Waals surface area contributed by atoms with Gasteiger partial charge >= 0.3 is 0 Å². The molecule has 86 valence electrons. The highest BCUT2D eigenvalue weighted by atomic mass is 14.9. The Morgan fingerprint density at radius 3 is 3.00 bits per heavy atom. The van der Waals surface area contributed by atoms with Gasteiger partial charge in [-0.25, -0.2) is 0 Å². The van der Waals surface area contributed by atoms with Gasteiger partial charge in [0.05, 0.1) is 6.04 Å². The van der Waals surface area contributed by atoms with Crippen molar-refractivity contribution < 1.29 is 0 Å². The number of fused-ring (bicyclic) bond motifs is 1. The Kier molecular flexibility index (Phi) is 2.56. The molecule has 2 heterocycles. The summed E-state index contributed by atoms with van der Waals surface area (Å²) in [5.41, 5.74) is 5.33. The monoisotopic (exact) mass is 224 g/mol. The lowest BCUT2D eigenvalue weighted by Gasteiger charge is -2.28. The van der Waals surface area contributed by atoms with Crippen LogP contribution in [0.25, 0.3) is 0 Å². The molecular formula is C15H16N2. The maximum absolute atomic E-state index is 4.24. The maximum atomic E-state index is 4.24. The zero-order valence-corrected chi connectivity index (χ0v) is 9.98. The van der Waals surface area contributed by atoms with Gasteiger partial charge in [-0.3, -0.25) is 4.98 Å². The van der Waals surface area contributed by atoms with Crippen LogP contribution in [-0.4, -0.2) is 4.98 Å². The smallest absolute Gasteiger partial charge is 0.0534 e. The van der Waals surface area contributed by atoms with Gasteiger partial charge in [0.1, 0.15) is 0 Å². The van der Waals surface area contributed by atoms with Crippen molar-refractivity contribution in [2.45, 2.75) is 25.8 Å². The van der Waals surface area contributed by atoms with Crippen LogP contribution < -0.4 is 5.32 Å². The SMILES string of the molecule is Cc1ccncc1C1CCc2ccccc2N1. The summed E-state index contributed by atoms with van der Waals surface area (Å²) in [6.45, 7) is 2.15. The first-order valence-electron chi connectivity index (χ1n) is 6.09. The molecule has 0 saturated carbocycles. The summed E-state index contributed by atoms with van der Waals surface area (Å²) in [7, 11) is 0. The lowest BCUT2D eigenvalue weighted by molar-refractivity contribution is 0.662. The molecule has 0 saturated heterocycles. The number of anilines is 1. The number of benzene rings is 1. The Hall–Kier alpha value is -1.83. The fourth-order valence-corrected chi connectivity index (χ4v) is 2.51. The average molecular weight is 224 g/mol. The molecule has 1 aliphatic heterocycles. The van der Waals surface area contributed by atoms with Gasteiger partial charge in [-0.1, -0.05) is 18.2 Å². The molecule has 0 fully saturated rings. The Labute approximate surface area is 102 Å². The highest BCUT2D eigenvalue weighted by Gasteiger charge is 2.19. The van der Waals surface area contributed by atoms with Gasteiger partial charge in [0, 0.05) is 18.1 Å². The quantitative estimate of drug-likeness (QED) is 0.802. The molecule has 0 aliphatic carbocycles. The predicted octanol–water partition coefficient (Wildman–Crippen LogP) is 3.49. The first-order valence-corrected chi connectivity index (χ1v) is 6.09. The van der Waals surface area contributed by atoms with Gasteiger partial charge in [-0.15, -0.1) is 0 Å². The van der Waals surface area contributed by atoms with E-state index in [1.807, 2.05) is 12.4 Å². The van der Waals surface area contributed by atoms with Crippen molar-refractivity contribution in [3.05, 3.63) is 59.4 Å². The fourth-order valence-electron chi connectivity index (χ4n) is 2.51. The number of nitrogens with zero attached hydrogens (tertiary/aromatic N) is 1. The van der Waals surface area contributed by atoms with E-state index in [2.05, 4.69) is 47.6 Å². The van der Waals surface area contributed by atoms with Gasteiger partial charge < -0.3 is 5.32 Å². The second-order valence-electron chi connectivity index (χ2n) is 4.63. The van der Waals surface area contributed by atoms with Gasteiger partial charge in [-0.2, -0.15) is 0 Å². The molecule has 1 N–H and O–H groups in total. The molecule has 0 bridgehead atoms. The van der Waals surface area contributed by atoms with Gasteiger partial charge in [0.2, 0.25) is 0 Å².